The highest BCUT2D eigenvalue weighted by Crippen LogP contribution is 2.35. The number of hydrogen-bond acceptors (Lipinski definition) is 6. The SMILES string of the molecule is COC(=O)c1ccc(CN2C(=O)N/C(=C\c3cc(Cl)c(OCc4cccc(F)c4)c(Cl)c3)C2=O)o1. The van der Waals surface area contributed by atoms with Crippen molar-refractivity contribution in [3.8, 4) is 5.75 Å². The predicted octanol–water partition coefficient (Wildman–Crippen LogP) is 5.18. The lowest BCUT2D eigenvalue weighted by Gasteiger charge is -2.11. The molecule has 2 aromatic carbocycles. The van der Waals surface area contributed by atoms with Crippen LogP contribution in [0.3, 0.4) is 0 Å². The van der Waals surface area contributed by atoms with Gasteiger partial charge in [0.2, 0.25) is 5.76 Å². The van der Waals surface area contributed by atoms with Crippen molar-refractivity contribution in [1.29, 1.82) is 0 Å². The van der Waals surface area contributed by atoms with Crippen molar-refractivity contribution < 1.29 is 32.7 Å². The molecule has 3 amide bonds. The van der Waals surface area contributed by atoms with Crippen molar-refractivity contribution in [3.63, 3.8) is 0 Å². The average Bonchev–Trinajstić information content (AvgIpc) is 3.38. The first kappa shape index (κ1) is 24.3. The first-order valence-electron chi connectivity index (χ1n) is 10.1. The quantitative estimate of drug-likeness (QED) is 0.262. The van der Waals surface area contributed by atoms with Gasteiger partial charge >= 0.3 is 12.0 Å². The fourth-order valence-electron chi connectivity index (χ4n) is 3.29. The lowest BCUT2D eigenvalue weighted by molar-refractivity contribution is -0.123. The Bertz CT molecular complexity index is 1330. The lowest BCUT2D eigenvalue weighted by atomic mass is 10.1. The molecular weight excluding hydrogens is 502 g/mol. The second-order valence-electron chi connectivity index (χ2n) is 7.37. The van der Waals surface area contributed by atoms with Crippen LogP contribution in [-0.2, 0) is 22.7 Å². The van der Waals surface area contributed by atoms with Crippen LogP contribution in [0.4, 0.5) is 9.18 Å². The summed E-state index contributed by atoms with van der Waals surface area (Å²) in [6, 6.07) is 11.1. The first-order valence-corrected chi connectivity index (χ1v) is 10.9. The molecule has 0 radical (unpaired) electrons. The van der Waals surface area contributed by atoms with Crippen LogP contribution >= 0.6 is 23.2 Å². The predicted molar refractivity (Wildman–Crippen MR) is 124 cm³/mol. The minimum absolute atomic E-state index is 0.00434. The average molecular weight is 519 g/mol. The van der Waals surface area contributed by atoms with Crippen LogP contribution in [-0.4, -0.2) is 29.9 Å². The van der Waals surface area contributed by atoms with E-state index in [0.29, 0.717) is 11.1 Å². The number of esters is 1. The molecule has 35 heavy (non-hydrogen) atoms. The summed E-state index contributed by atoms with van der Waals surface area (Å²) >= 11 is 12.6. The van der Waals surface area contributed by atoms with Crippen LogP contribution < -0.4 is 10.1 Å². The van der Waals surface area contributed by atoms with Gasteiger partial charge in [0.15, 0.2) is 5.75 Å². The Labute approximate surface area is 208 Å². The monoisotopic (exact) mass is 518 g/mol. The third kappa shape index (κ3) is 5.47. The number of imide groups is 1. The Balaban J connectivity index is 1.48. The number of nitrogens with one attached hydrogen (secondary N) is 1. The van der Waals surface area contributed by atoms with Gasteiger partial charge in [0.1, 0.15) is 23.9 Å². The zero-order valence-corrected chi connectivity index (χ0v) is 19.7. The molecule has 1 aliphatic rings. The van der Waals surface area contributed by atoms with Gasteiger partial charge in [-0.3, -0.25) is 9.69 Å². The smallest absolute Gasteiger partial charge is 0.373 e. The van der Waals surface area contributed by atoms with E-state index in [1.54, 1.807) is 12.1 Å². The molecule has 2 heterocycles. The number of methoxy groups -OCH3 is 1. The minimum Gasteiger partial charge on any atom is -0.486 e. The molecular formula is C24H17Cl2FN2O6. The zero-order chi connectivity index (χ0) is 25.1. The molecule has 1 N–H and O–H groups in total. The van der Waals surface area contributed by atoms with Gasteiger partial charge < -0.3 is 19.2 Å². The summed E-state index contributed by atoms with van der Waals surface area (Å²) in [6.45, 7) is -0.140. The first-order chi connectivity index (χ1) is 16.7. The summed E-state index contributed by atoms with van der Waals surface area (Å²) in [4.78, 5) is 37.5. The fourth-order valence-corrected chi connectivity index (χ4v) is 3.91. The lowest BCUT2D eigenvalue weighted by Crippen LogP contribution is -2.30. The van der Waals surface area contributed by atoms with Crippen LogP contribution in [0.25, 0.3) is 6.08 Å². The van der Waals surface area contributed by atoms with Crippen molar-refractivity contribution in [3.05, 3.63) is 92.7 Å². The molecule has 1 saturated heterocycles. The van der Waals surface area contributed by atoms with Gasteiger partial charge in [-0.2, -0.15) is 0 Å². The second kappa shape index (κ2) is 10.2. The summed E-state index contributed by atoms with van der Waals surface area (Å²) in [5.74, 6) is -1.30. The third-order valence-corrected chi connectivity index (χ3v) is 5.49. The van der Waals surface area contributed by atoms with Crippen LogP contribution in [0.2, 0.25) is 10.0 Å². The van der Waals surface area contributed by atoms with E-state index < -0.39 is 23.7 Å². The van der Waals surface area contributed by atoms with E-state index in [9.17, 15) is 18.8 Å². The van der Waals surface area contributed by atoms with Gasteiger partial charge in [-0.1, -0.05) is 35.3 Å². The molecule has 8 nitrogen and oxygen atoms in total. The van der Waals surface area contributed by atoms with Crippen molar-refractivity contribution in [1.82, 2.24) is 10.2 Å². The van der Waals surface area contributed by atoms with Crippen LogP contribution in [0.15, 0.2) is 58.6 Å². The van der Waals surface area contributed by atoms with Crippen molar-refractivity contribution >= 4 is 47.2 Å². The Morgan fingerprint density at radius 3 is 2.57 bits per heavy atom. The highest BCUT2D eigenvalue weighted by atomic mass is 35.5. The molecule has 0 unspecified atom stereocenters. The largest absolute Gasteiger partial charge is 0.486 e. The molecule has 11 heteroatoms. The third-order valence-electron chi connectivity index (χ3n) is 4.93. The molecule has 0 aliphatic carbocycles. The number of benzene rings is 2. The summed E-state index contributed by atoms with van der Waals surface area (Å²) in [7, 11) is 1.21. The topological polar surface area (TPSA) is 98.1 Å². The molecule has 0 atom stereocenters. The Kier molecular flexibility index (Phi) is 7.09. The fraction of sp³-hybridized carbons (Fsp3) is 0.125. The van der Waals surface area contributed by atoms with Crippen LogP contribution in [0.5, 0.6) is 5.75 Å². The van der Waals surface area contributed by atoms with E-state index in [1.165, 1.54) is 49.6 Å². The van der Waals surface area contributed by atoms with Gasteiger partial charge in [0, 0.05) is 0 Å². The van der Waals surface area contributed by atoms with E-state index in [2.05, 4.69) is 10.1 Å². The minimum atomic E-state index is -0.675. The van der Waals surface area contributed by atoms with Crippen LogP contribution in [0, 0.1) is 5.82 Å². The van der Waals surface area contributed by atoms with Gasteiger partial charge in [-0.05, 0) is 53.6 Å². The standard InChI is InChI=1S/C24H17Cl2FN2O6/c1-33-23(31)20-6-5-16(35-20)11-29-22(30)19(28-24(29)32)10-14-8-17(25)21(18(26)9-14)34-12-13-3-2-4-15(27)7-13/h2-10H,11-12H2,1H3,(H,28,32)/b19-10-. The number of carbonyl (C=O) groups excluding carboxylic acids is 3. The highest BCUT2D eigenvalue weighted by molar-refractivity contribution is 6.37. The molecule has 4 rings (SSSR count). The Morgan fingerprint density at radius 2 is 1.89 bits per heavy atom. The van der Waals surface area contributed by atoms with Crippen molar-refractivity contribution in [2.45, 2.75) is 13.2 Å². The number of furan rings is 1. The van der Waals surface area contributed by atoms with Gasteiger partial charge in [-0.15, -0.1) is 0 Å². The summed E-state index contributed by atoms with van der Waals surface area (Å²) in [5, 5.41) is 2.81. The van der Waals surface area contributed by atoms with E-state index in [4.69, 9.17) is 32.4 Å². The highest BCUT2D eigenvalue weighted by Gasteiger charge is 2.34. The van der Waals surface area contributed by atoms with Gasteiger partial charge in [-0.25, -0.2) is 14.0 Å². The second-order valence-corrected chi connectivity index (χ2v) is 8.18. The number of rotatable bonds is 7. The number of amides is 3. The number of halogens is 3. The number of ether oxygens (including phenoxy) is 2. The van der Waals surface area contributed by atoms with Crippen molar-refractivity contribution in [2.24, 2.45) is 0 Å². The molecule has 3 aromatic rings. The van der Waals surface area contributed by atoms with Crippen molar-refractivity contribution in [2.75, 3.05) is 7.11 Å². The number of urea groups is 1. The van der Waals surface area contributed by atoms with Gasteiger partial charge in [0.25, 0.3) is 5.91 Å². The number of nitrogens with zero attached hydrogens (tertiary/aromatic N) is 1. The normalized spacial score (nSPS) is 14.4. The summed E-state index contributed by atoms with van der Waals surface area (Å²) < 4.78 is 28.9. The Morgan fingerprint density at radius 1 is 1.14 bits per heavy atom. The molecule has 0 bridgehead atoms. The van der Waals surface area contributed by atoms with E-state index in [1.807, 2.05) is 0 Å². The number of carbonyl (C=O) groups is 3. The molecule has 0 saturated carbocycles. The van der Waals surface area contributed by atoms with E-state index in [-0.39, 0.29) is 46.2 Å². The maximum absolute atomic E-state index is 13.4. The zero-order valence-electron chi connectivity index (χ0n) is 18.1. The molecule has 0 spiro atoms. The molecule has 1 fully saturated rings. The van der Waals surface area contributed by atoms with E-state index >= 15 is 0 Å². The maximum atomic E-state index is 13.4. The van der Waals surface area contributed by atoms with Crippen LogP contribution in [0.1, 0.15) is 27.4 Å². The summed E-state index contributed by atoms with van der Waals surface area (Å²) in [6.07, 6.45) is 1.41. The molecule has 1 aliphatic heterocycles. The Hall–Kier alpha value is -3.82. The summed E-state index contributed by atoms with van der Waals surface area (Å²) in [5.41, 5.74) is 1.03. The van der Waals surface area contributed by atoms with Gasteiger partial charge in [0.05, 0.1) is 23.7 Å². The number of hydrogen-bond donors (Lipinski definition) is 1. The van der Waals surface area contributed by atoms with E-state index in [0.717, 1.165) is 4.90 Å². The molecule has 1 aromatic heterocycles. The maximum Gasteiger partial charge on any atom is 0.373 e. The molecule has 180 valence electrons.